The molecule has 6 heteroatoms. The maximum atomic E-state index is 11.9. The highest BCUT2D eigenvalue weighted by Gasteiger charge is 2.30. The molecule has 1 heterocycles. The Morgan fingerprint density at radius 2 is 1.93 bits per heavy atom. The van der Waals surface area contributed by atoms with E-state index in [0.717, 1.165) is 11.3 Å². The SMILES string of the molecule is CC(C)[C@@](C)(C#N)NC(=O)COC(=O)CCc1ccc(-c2ccccc2)o1. The number of benzene rings is 1. The van der Waals surface area contributed by atoms with E-state index in [2.05, 4.69) is 11.4 Å². The van der Waals surface area contributed by atoms with E-state index in [1.54, 1.807) is 6.92 Å². The zero-order chi connectivity index (χ0) is 19.9. The summed E-state index contributed by atoms with van der Waals surface area (Å²) in [5.41, 5.74) is -0.0282. The van der Waals surface area contributed by atoms with Crippen LogP contribution in [0.1, 0.15) is 33.0 Å². The molecule has 1 amide bonds. The first-order valence-electron chi connectivity index (χ1n) is 8.86. The van der Waals surface area contributed by atoms with E-state index in [0.29, 0.717) is 12.2 Å². The summed E-state index contributed by atoms with van der Waals surface area (Å²) >= 11 is 0. The first-order valence-corrected chi connectivity index (χ1v) is 8.86. The lowest BCUT2D eigenvalue weighted by Crippen LogP contribution is -2.50. The van der Waals surface area contributed by atoms with Crippen molar-refractivity contribution in [3.63, 3.8) is 0 Å². The zero-order valence-electron chi connectivity index (χ0n) is 15.8. The highest BCUT2D eigenvalue weighted by atomic mass is 16.5. The van der Waals surface area contributed by atoms with Crippen LogP contribution in [0.15, 0.2) is 46.9 Å². The molecule has 0 radical (unpaired) electrons. The molecule has 0 aliphatic carbocycles. The van der Waals surface area contributed by atoms with Crippen LogP contribution in [0, 0.1) is 17.2 Å². The molecular formula is C21H24N2O4. The number of nitriles is 1. The fourth-order valence-corrected chi connectivity index (χ4v) is 2.34. The van der Waals surface area contributed by atoms with Gasteiger partial charge in [0.05, 0.1) is 12.5 Å². The Bertz CT molecular complexity index is 820. The number of esters is 1. The molecule has 27 heavy (non-hydrogen) atoms. The summed E-state index contributed by atoms with van der Waals surface area (Å²) in [5, 5.41) is 11.8. The van der Waals surface area contributed by atoms with Crippen molar-refractivity contribution in [3.05, 3.63) is 48.2 Å². The Morgan fingerprint density at radius 3 is 2.56 bits per heavy atom. The van der Waals surface area contributed by atoms with E-state index >= 15 is 0 Å². The van der Waals surface area contributed by atoms with Gasteiger partial charge in [0.25, 0.3) is 5.91 Å². The summed E-state index contributed by atoms with van der Waals surface area (Å²) in [6.07, 6.45) is 0.490. The number of hydrogen-bond acceptors (Lipinski definition) is 5. The minimum Gasteiger partial charge on any atom is -0.461 e. The van der Waals surface area contributed by atoms with Gasteiger partial charge in [-0.2, -0.15) is 5.26 Å². The van der Waals surface area contributed by atoms with Gasteiger partial charge in [0.1, 0.15) is 17.1 Å². The number of rotatable bonds is 8. The number of carbonyl (C=O) groups excluding carboxylic acids is 2. The molecule has 142 valence electrons. The molecule has 1 aromatic carbocycles. The number of amides is 1. The number of hydrogen-bond donors (Lipinski definition) is 1. The molecule has 1 aromatic heterocycles. The molecule has 0 saturated heterocycles. The van der Waals surface area contributed by atoms with E-state index in [9.17, 15) is 14.9 Å². The second-order valence-corrected chi connectivity index (χ2v) is 6.81. The van der Waals surface area contributed by atoms with Gasteiger partial charge < -0.3 is 14.5 Å². The van der Waals surface area contributed by atoms with E-state index in [-0.39, 0.29) is 12.3 Å². The van der Waals surface area contributed by atoms with Crippen molar-refractivity contribution in [3.8, 4) is 17.4 Å². The molecule has 0 saturated carbocycles. The first-order chi connectivity index (χ1) is 12.8. The summed E-state index contributed by atoms with van der Waals surface area (Å²) in [4.78, 5) is 23.8. The van der Waals surface area contributed by atoms with E-state index in [1.807, 2.05) is 56.3 Å². The fourth-order valence-electron chi connectivity index (χ4n) is 2.34. The van der Waals surface area contributed by atoms with Gasteiger partial charge in [0, 0.05) is 12.0 Å². The number of aryl methyl sites for hydroxylation is 1. The average Bonchev–Trinajstić information content (AvgIpc) is 3.14. The van der Waals surface area contributed by atoms with Crippen LogP contribution in [0.2, 0.25) is 0 Å². The van der Waals surface area contributed by atoms with Gasteiger partial charge in [-0.3, -0.25) is 9.59 Å². The first kappa shape index (κ1) is 20.2. The third kappa shape index (κ3) is 5.71. The number of nitrogens with one attached hydrogen (secondary N) is 1. The molecule has 1 N–H and O–H groups in total. The molecule has 0 aliphatic rings. The molecule has 2 rings (SSSR count). The zero-order valence-corrected chi connectivity index (χ0v) is 15.8. The highest BCUT2D eigenvalue weighted by Crippen LogP contribution is 2.22. The van der Waals surface area contributed by atoms with Crippen LogP contribution in [-0.2, 0) is 20.7 Å². The number of ether oxygens (including phenoxy) is 1. The molecule has 0 aliphatic heterocycles. The molecule has 6 nitrogen and oxygen atoms in total. The molecule has 0 fully saturated rings. The Hall–Kier alpha value is -3.07. The number of furan rings is 1. The maximum Gasteiger partial charge on any atom is 0.306 e. The minimum absolute atomic E-state index is 0.0695. The normalized spacial score (nSPS) is 12.9. The molecule has 0 bridgehead atoms. The highest BCUT2D eigenvalue weighted by molar-refractivity contribution is 5.81. The topological polar surface area (TPSA) is 92.3 Å². The quantitative estimate of drug-likeness (QED) is 0.720. The Labute approximate surface area is 159 Å². The summed E-state index contributed by atoms with van der Waals surface area (Å²) < 4.78 is 10.7. The van der Waals surface area contributed by atoms with E-state index < -0.39 is 24.0 Å². The van der Waals surface area contributed by atoms with E-state index in [1.165, 1.54) is 0 Å². The predicted octanol–water partition coefficient (Wildman–Crippen LogP) is 3.48. The van der Waals surface area contributed by atoms with Gasteiger partial charge in [-0.05, 0) is 25.0 Å². The summed E-state index contributed by atoms with van der Waals surface area (Å²) in [7, 11) is 0. The predicted molar refractivity (Wildman–Crippen MR) is 100 cm³/mol. The van der Waals surface area contributed by atoms with Crippen molar-refractivity contribution in [2.24, 2.45) is 5.92 Å². The van der Waals surface area contributed by atoms with Crippen LogP contribution in [0.25, 0.3) is 11.3 Å². The van der Waals surface area contributed by atoms with Crippen LogP contribution in [-0.4, -0.2) is 24.0 Å². The standard InChI is InChI=1S/C21H24N2O4/c1-15(2)21(3,14-22)23-19(24)13-26-20(25)12-10-17-9-11-18(27-17)16-7-5-4-6-8-16/h4-9,11,15H,10,12-13H2,1-3H3,(H,23,24)/t21-/m1/s1. The molecule has 0 spiro atoms. The third-order valence-corrected chi connectivity index (χ3v) is 4.45. The summed E-state index contributed by atoms with van der Waals surface area (Å²) in [6, 6.07) is 15.4. The monoisotopic (exact) mass is 368 g/mol. The average molecular weight is 368 g/mol. The van der Waals surface area contributed by atoms with E-state index in [4.69, 9.17) is 9.15 Å². The van der Waals surface area contributed by atoms with Gasteiger partial charge >= 0.3 is 5.97 Å². The van der Waals surface area contributed by atoms with Crippen LogP contribution in [0.3, 0.4) is 0 Å². The lowest BCUT2D eigenvalue weighted by atomic mass is 9.90. The number of nitrogens with zero attached hydrogens (tertiary/aromatic N) is 1. The Kier molecular flexibility index (Phi) is 6.78. The Morgan fingerprint density at radius 1 is 1.22 bits per heavy atom. The summed E-state index contributed by atoms with van der Waals surface area (Å²) in [5.74, 6) is 0.353. The lowest BCUT2D eigenvalue weighted by Gasteiger charge is -2.27. The second kappa shape index (κ2) is 9.04. The van der Waals surface area contributed by atoms with Crippen LogP contribution >= 0.6 is 0 Å². The third-order valence-electron chi connectivity index (χ3n) is 4.45. The number of carbonyl (C=O) groups is 2. The molecule has 0 unspecified atom stereocenters. The van der Waals surface area contributed by atoms with Gasteiger partial charge in [-0.25, -0.2) is 0 Å². The lowest BCUT2D eigenvalue weighted by molar-refractivity contribution is -0.149. The van der Waals surface area contributed by atoms with Crippen LogP contribution < -0.4 is 5.32 Å². The molecule has 2 aromatic rings. The van der Waals surface area contributed by atoms with Crippen LogP contribution in [0.4, 0.5) is 0 Å². The molecular weight excluding hydrogens is 344 g/mol. The fraction of sp³-hybridized carbons (Fsp3) is 0.381. The largest absolute Gasteiger partial charge is 0.461 e. The van der Waals surface area contributed by atoms with Crippen molar-refractivity contribution in [1.82, 2.24) is 5.32 Å². The van der Waals surface area contributed by atoms with Gasteiger partial charge in [0.2, 0.25) is 0 Å². The van der Waals surface area contributed by atoms with Crippen molar-refractivity contribution >= 4 is 11.9 Å². The maximum absolute atomic E-state index is 11.9. The van der Waals surface area contributed by atoms with Gasteiger partial charge in [-0.15, -0.1) is 0 Å². The van der Waals surface area contributed by atoms with Gasteiger partial charge in [0.15, 0.2) is 6.61 Å². The van der Waals surface area contributed by atoms with Crippen molar-refractivity contribution in [2.75, 3.05) is 6.61 Å². The van der Waals surface area contributed by atoms with Crippen molar-refractivity contribution in [1.29, 1.82) is 5.26 Å². The second-order valence-electron chi connectivity index (χ2n) is 6.81. The van der Waals surface area contributed by atoms with Gasteiger partial charge in [-0.1, -0.05) is 44.2 Å². The summed E-state index contributed by atoms with van der Waals surface area (Å²) in [6.45, 7) is 4.90. The smallest absolute Gasteiger partial charge is 0.306 e. The Balaban J connectivity index is 1.78. The minimum atomic E-state index is -0.995. The van der Waals surface area contributed by atoms with Crippen molar-refractivity contribution < 1.29 is 18.7 Å². The van der Waals surface area contributed by atoms with Crippen molar-refractivity contribution in [2.45, 2.75) is 39.2 Å². The molecule has 1 atom stereocenters. The van der Waals surface area contributed by atoms with Crippen LogP contribution in [0.5, 0.6) is 0 Å².